The van der Waals surface area contributed by atoms with Crippen LogP contribution in [0.5, 0.6) is 11.5 Å². The van der Waals surface area contributed by atoms with Gasteiger partial charge in [-0.15, -0.1) is 0 Å². The Bertz CT molecular complexity index is 1590. The molecule has 0 amide bonds. The van der Waals surface area contributed by atoms with Crippen LogP contribution in [0.4, 0.5) is 13.2 Å². The lowest BCUT2D eigenvalue weighted by molar-refractivity contribution is -0.137. The first-order valence-corrected chi connectivity index (χ1v) is 12.5. The molecule has 2 bridgehead atoms. The van der Waals surface area contributed by atoms with Gasteiger partial charge in [-0.2, -0.15) is 13.2 Å². The minimum Gasteiger partial charge on any atom is -0.426 e. The van der Waals surface area contributed by atoms with Crippen LogP contribution in [0.3, 0.4) is 0 Å². The van der Waals surface area contributed by atoms with E-state index in [1.807, 2.05) is 48.5 Å². The van der Waals surface area contributed by atoms with Crippen molar-refractivity contribution in [1.82, 2.24) is 0 Å². The molecule has 39 heavy (non-hydrogen) atoms. The van der Waals surface area contributed by atoms with E-state index in [0.29, 0.717) is 28.2 Å². The highest BCUT2D eigenvalue weighted by molar-refractivity contribution is 5.81. The highest BCUT2D eigenvalue weighted by atomic mass is 19.4. The van der Waals surface area contributed by atoms with Crippen LogP contribution in [0.1, 0.15) is 64.3 Å². The average Bonchev–Trinajstić information content (AvgIpc) is 2.89. The molecule has 7 rings (SSSR count). The number of rotatable bonds is 4. The smallest absolute Gasteiger partial charge is 0.416 e. The van der Waals surface area contributed by atoms with Crippen molar-refractivity contribution in [3.63, 3.8) is 0 Å². The molecule has 0 aromatic heterocycles. The molecule has 0 aliphatic heterocycles. The number of carbonyl (C=O) groups excluding carboxylic acids is 2. The topological polar surface area (TPSA) is 52.6 Å². The first-order valence-electron chi connectivity index (χ1n) is 12.5. The Labute approximate surface area is 223 Å². The molecule has 0 fully saturated rings. The molecule has 4 aromatic rings. The van der Waals surface area contributed by atoms with Crippen molar-refractivity contribution in [3.05, 3.63) is 129 Å². The number of ether oxygens (including phenoxy) is 2. The number of halogens is 3. The number of hydrogen-bond acceptors (Lipinski definition) is 4. The predicted molar refractivity (Wildman–Crippen MR) is 138 cm³/mol. The molecular weight excluding hydrogens is 505 g/mol. The fraction of sp³-hybridized carbons (Fsp3) is 0.188. The van der Waals surface area contributed by atoms with Crippen LogP contribution in [0.15, 0.2) is 84.9 Å². The summed E-state index contributed by atoms with van der Waals surface area (Å²) >= 11 is 0. The monoisotopic (exact) mass is 528 g/mol. The molecule has 4 aromatic carbocycles. The standard InChI is InChI=1S/C32H23F3O4/c1-18(36)38-26-15-16-27(39-19(2)37)30-29(26)28-22-7-3-5-9-24(22)31(30,25-10-6-4-8-23(25)28)17-20-11-13-21(14-12-20)32(33,34)35/h3-16,28H,17H2,1-2H3. The molecule has 0 saturated heterocycles. The lowest BCUT2D eigenvalue weighted by Crippen LogP contribution is -2.44. The quantitative estimate of drug-likeness (QED) is 0.213. The Morgan fingerprint density at radius 2 is 1.26 bits per heavy atom. The van der Waals surface area contributed by atoms with Crippen molar-refractivity contribution in [2.75, 3.05) is 0 Å². The molecule has 4 nitrogen and oxygen atoms in total. The molecule has 3 aliphatic carbocycles. The summed E-state index contributed by atoms with van der Waals surface area (Å²) in [6, 6.07) is 24.2. The normalized spacial score (nSPS) is 18.5. The number of alkyl halides is 3. The van der Waals surface area contributed by atoms with Gasteiger partial charge in [0.15, 0.2) is 0 Å². The molecule has 0 heterocycles. The van der Waals surface area contributed by atoms with Gasteiger partial charge in [0.2, 0.25) is 0 Å². The van der Waals surface area contributed by atoms with E-state index in [1.165, 1.54) is 26.0 Å². The van der Waals surface area contributed by atoms with E-state index >= 15 is 0 Å². The number of esters is 2. The van der Waals surface area contributed by atoms with Crippen LogP contribution >= 0.6 is 0 Å². The van der Waals surface area contributed by atoms with E-state index in [0.717, 1.165) is 34.4 Å². The van der Waals surface area contributed by atoms with Crippen molar-refractivity contribution in [1.29, 1.82) is 0 Å². The summed E-state index contributed by atoms with van der Waals surface area (Å²) in [5, 5.41) is 0. The zero-order valence-corrected chi connectivity index (χ0v) is 21.1. The van der Waals surface area contributed by atoms with E-state index in [2.05, 4.69) is 0 Å². The summed E-state index contributed by atoms with van der Waals surface area (Å²) in [4.78, 5) is 24.4. The van der Waals surface area contributed by atoms with Crippen molar-refractivity contribution in [2.45, 2.75) is 37.8 Å². The molecule has 0 N–H and O–H groups in total. The van der Waals surface area contributed by atoms with Crippen LogP contribution < -0.4 is 9.47 Å². The van der Waals surface area contributed by atoms with Gasteiger partial charge in [-0.05, 0) is 58.5 Å². The number of benzene rings is 4. The highest BCUT2D eigenvalue weighted by Crippen LogP contribution is 2.64. The first kappa shape index (κ1) is 24.9. The van der Waals surface area contributed by atoms with Gasteiger partial charge in [-0.25, -0.2) is 0 Å². The van der Waals surface area contributed by atoms with Crippen LogP contribution in [0.2, 0.25) is 0 Å². The zero-order chi connectivity index (χ0) is 27.5. The zero-order valence-electron chi connectivity index (χ0n) is 21.1. The maximum atomic E-state index is 13.4. The van der Waals surface area contributed by atoms with Crippen molar-refractivity contribution < 1.29 is 32.2 Å². The summed E-state index contributed by atoms with van der Waals surface area (Å²) < 4.78 is 51.5. The van der Waals surface area contributed by atoms with E-state index in [4.69, 9.17) is 9.47 Å². The Morgan fingerprint density at radius 3 is 1.79 bits per heavy atom. The molecule has 0 saturated carbocycles. The maximum absolute atomic E-state index is 13.4. The van der Waals surface area contributed by atoms with Gasteiger partial charge < -0.3 is 9.47 Å². The molecule has 3 aliphatic rings. The predicted octanol–water partition coefficient (Wildman–Crippen LogP) is 6.94. The third kappa shape index (κ3) is 3.83. The number of hydrogen-bond donors (Lipinski definition) is 0. The molecule has 7 heteroatoms. The molecule has 0 unspecified atom stereocenters. The van der Waals surface area contributed by atoms with E-state index in [9.17, 15) is 22.8 Å². The average molecular weight is 529 g/mol. The van der Waals surface area contributed by atoms with E-state index in [-0.39, 0.29) is 12.3 Å². The first-order chi connectivity index (χ1) is 18.6. The van der Waals surface area contributed by atoms with Gasteiger partial charge in [-0.1, -0.05) is 60.7 Å². The van der Waals surface area contributed by atoms with Crippen molar-refractivity contribution >= 4 is 11.9 Å². The third-order valence-electron chi connectivity index (χ3n) is 7.60. The van der Waals surface area contributed by atoms with Crippen molar-refractivity contribution in [2.24, 2.45) is 0 Å². The van der Waals surface area contributed by atoms with Crippen LogP contribution in [0.25, 0.3) is 0 Å². The Morgan fingerprint density at radius 1 is 0.744 bits per heavy atom. The van der Waals surface area contributed by atoms with Gasteiger partial charge in [0.05, 0.1) is 11.0 Å². The second-order valence-corrected chi connectivity index (χ2v) is 9.92. The second-order valence-electron chi connectivity index (χ2n) is 9.92. The minimum atomic E-state index is -4.45. The Hall–Kier alpha value is -4.39. The van der Waals surface area contributed by atoms with Gasteiger partial charge in [0.25, 0.3) is 0 Å². The van der Waals surface area contributed by atoms with Crippen molar-refractivity contribution in [3.8, 4) is 11.5 Å². The second kappa shape index (κ2) is 8.83. The molecular formula is C32H23F3O4. The SMILES string of the molecule is CC(=O)Oc1ccc(OC(C)=O)c2c1C1c3ccccc3C2(Cc2ccc(C(F)(F)F)cc2)c2ccccc21. The molecule has 0 spiro atoms. The lowest BCUT2D eigenvalue weighted by atomic mass is 9.51. The Kier molecular flexibility index (Phi) is 5.64. The van der Waals surface area contributed by atoms with Gasteiger partial charge in [-0.3, -0.25) is 9.59 Å². The summed E-state index contributed by atoms with van der Waals surface area (Å²) in [6.45, 7) is 2.64. The summed E-state index contributed by atoms with van der Waals surface area (Å²) in [5.74, 6) is -0.609. The summed E-state index contributed by atoms with van der Waals surface area (Å²) in [5.41, 5.74) is 4.35. The maximum Gasteiger partial charge on any atom is 0.416 e. The highest BCUT2D eigenvalue weighted by Gasteiger charge is 2.54. The van der Waals surface area contributed by atoms with E-state index < -0.39 is 29.1 Å². The minimum absolute atomic E-state index is 0.288. The van der Waals surface area contributed by atoms with E-state index in [1.54, 1.807) is 12.1 Å². The van der Waals surface area contributed by atoms with Crippen LogP contribution in [-0.4, -0.2) is 11.9 Å². The molecule has 0 radical (unpaired) electrons. The third-order valence-corrected chi connectivity index (χ3v) is 7.60. The largest absolute Gasteiger partial charge is 0.426 e. The molecule has 196 valence electrons. The fourth-order valence-electron chi connectivity index (χ4n) is 6.36. The molecule has 0 atom stereocenters. The summed E-state index contributed by atoms with van der Waals surface area (Å²) in [7, 11) is 0. The Balaban J connectivity index is 1.70. The summed E-state index contributed by atoms with van der Waals surface area (Å²) in [6.07, 6.45) is -4.16. The van der Waals surface area contributed by atoms with Gasteiger partial charge in [0.1, 0.15) is 11.5 Å². The van der Waals surface area contributed by atoms with Crippen LogP contribution in [-0.2, 0) is 27.6 Å². The fourth-order valence-corrected chi connectivity index (χ4v) is 6.36. The number of carbonyl (C=O) groups is 2. The lowest BCUT2D eigenvalue weighted by Gasteiger charge is -2.51. The van der Waals surface area contributed by atoms with Crippen LogP contribution in [0, 0.1) is 0 Å². The van der Waals surface area contributed by atoms with Gasteiger partial charge >= 0.3 is 18.1 Å². The van der Waals surface area contributed by atoms with Gasteiger partial charge in [0, 0.05) is 30.9 Å².